The molecule has 7 nitrogen and oxygen atoms in total. The minimum atomic E-state index is -3.86. The molecular formula is C18H18N2O5S. The fourth-order valence-corrected chi connectivity index (χ4v) is 3.42. The van der Waals surface area contributed by atoms with Gasteiger partial charge in [0.25, 0.3) is 5.91 Å². The van der Waals surface area contributed by atoms with Crippen molar-refractivity contribution in [1.82, 2.24) is 0 Å². The maximum absolute atomic E-state index is 12.1. The first kappa shape index (κ1) is 18.1. The molecule has 0 aromatic heterocycles. The highest BCUT2D eigenvalue weighted by atomic mass is 32.2. The van der Waals surface area contributed by atoms with E-state index in [-0.39, 0.29) is 10.6 Å². The molecule has 0 fully saturated rings. The van der Waals surface area contributed by atoms with Crippen LogP contribution in [0.4, 0.5) is 5.69 Å². The second-order valence-corrected chi connectivity index (χ2v) is 7.60. The number of esters is 1. The lowest BCUT2D eigenvalue weighted by Gasteiger charge is -2.08. The van der Waals surface area contributed by atoms with Gasteiger partial charge in [0.05, 0.1) is 10.5 Å². The predicted molar refractivity (Wildman–Crippen MR) is 95.2 cm³/mol. The number of hydrogen-bond donors (Lipinski definition) is 2. The number of amides is 1. The average molecular weight is 374 g/mol. The Morgan fingerprint density at radius 2 is 1.85 bits per heavy atom. The number of hydrogen-bond acceptors (Lipinski definition) is 5. The van der Waals surface area contributed by atoms with Crippen LogP contribution in [0.5, 0.6) is 0 Å². The van der Waals surface area contributed by atoms with Gasteiger partial charge in [0.1, 0.15) is 0 Å². The zero-order valence-electron chi connectivity index (χ0n) is 13.9. The van der Waals surface area contributed by atoms with Crippen LogP contribution in [0.1, 0.15) is 27.9 Å². The lowest BCUT2D eigenvalue weighted by atomic mass is 10.1. The smallest absolute Gasteiger partial charge is 0.338 e. The summed E-state index contributed by atoms with van der Waals surface area (Å²) in [6.07, 6.45) is 3.04. The fourth-order valence-electron chi connectivity index (χ4n) is 2.86. The summed E-state index contributed by atoms with van der Waals surface area (Å²) in [6.45, 7) is -0.477. The van der Waals surface area contributed by atoms with Crippen molar-refractivity contribution in [2.24, 2.45) is 5.14 Å². The average Bonchev–Trinajstić information content (AvgIpc) is 3.07. The number of carbonyl (C=O) groups excluding carboxylic acids is 2. The molecule has 0 bridgehead atoms. The highest BCUT2D eigenvalue weighted by Gasteiger charge is 2.16. The van der Waals surface area contributed by atoms with Crippen molar-refractivity contribution >= 4 is 27.6 Å². The Morgan fingerprint density at radius 3 is 2.62 bits per heavy atom. The Balaban J connectivity index is 1.58. The predicted octanol–water partition coefficient (Wildman–Crippen LogP) is 1.62. The molecule has 2 aromatic carbocycles. The van der Waals surface area contributed by atoms with Crippen LogP contribution in [0.15, 0.2) is 47.4 Å². The third kappa shape index (κ3) is 4.27. The van der Waals surface area contributed by atoms with E-state index in [0.29, 0.717) is 5.56 Å². The zero-order valence-corrected chi connectivity index (χ0v) is 14.7. The minimum Gasteiger partial charge on any atom is -0.452 e. The number of fused-ring (bicyclic) bond motifs is 1. The Bertz CT molecular complexity index is 969. The van der Waals surface area contributed by atoms with E-state index in [1.54, 1.807) is 12.1 Å². The molecule has 0 saturated carbocycles. The number of benzene rings is 2. The molecule has 26 heavy (non-hydrogen) atoms. The largest absolute Gasteiger partial charge is 0.452 e. The lowest BCUT2D eigenvalue weighted by Crippen LogP contribution is -2.21. The molecule has 136 valence electrons. The number of rotatable bonds is 5. The van der Waals surface area contributed by atoms with Gasteiger partial charge in [-0.25, -0.2) is 18.4 Å². The number of aryl methyl sites for hydroxylation is 2. The van der Waals surface area contributed by atoms with Crippen molar-refractivity contribution in [2.75, 3.05) is 11.9 Å². The summed E-state index contributed by atoms with van der Waals surface area (Å²) in [5.74, 6) is -1.15. The van der Waals surface area contributed by atoms with E-state index in [4.69, 9.17) is 9.88 Å². The highest BCUT2D eigenvalue weighted by Crippen LogP contribution is 2.23. The van der Waals surface area contributed by atoms with Crippen LogP contribution in [0.25, 0.3) is 0 Å². The molecule has 3 rings (SSSR count). The molecule has 8 heteroatoms. The SMILES string of the molecule is NS(=O)(=O)c1cccc(NC(=O)COC(=O)c2ccc3c(c2)CCC3)c1. The lowest BCUT2D eigenvalue weighted by molar-refractivity contribution is -0.119. The topological polar surface area (TPSA) is 116 Å². The number of sulfonamides is 1. The van der Waals surface area contributed by atoms with Crippen molar-refractivity contribution in [1.29, 1.82) is 0 Å². The standard InChI is InChI=1S/C18H18N2O5S/c19-26(23,24)16-6-2-5-15(10-16)20-17(21)11-25-18(22)14-8-7-12-3-1-4-13(12)9-14/h2,5-10H,1,3-4,11H2,(H,20,21)(H2,19,23,24). The number of nitrogens with one attached hydrogen (secondary N) is 1. The summed E-state index contributed by atoms with van der Waals surface area (Å²) < 4.78 is 27.7. The van der Waals surface area contributed by atoms with Gasteiger partial charge in [-0.2, -0.15) is 0 Å². The molecule has 2 aromatic rings. The molecule has 0 saturated heterocycles. The van der Waals surface area contributed by atoms with E-state index in [9.17, 15) is 18.0 Å². The summed E-state index contributed by atoms with van der Waals surface area (Å²) in [7, 11) is -3.86. The van der Waals surface area contributed by atoms with Gasteiger partial charge < -0.3 is 10.1 Å². The first-order chi connectivity index (χ1) is 12.3. The van der Waals surface area contributed by atoms with Gasteiger partial charge in [0.15, 0.2) is 6.61 Å². The zero-order chi connectivity index (χ0) is 18.7. The monoisotopic (exact) mass is 374 g/mol. The van der Waals surface area contributed by atoms with E-state index in [1.807, 2.05) is 6.07 Å². The molecule has 0 atom stereocenters. The number of anilines is 1. The van der Waals surface area contributed by atoms with Gasteiger partial charge in [-0.05, 0) is 60.7 Å². The van der Waals surface area contributed by atoms with Gasteiger partial charge in [0, 0.05) is 5.69 Å². The number of nitrogens with two attached hydrogens (primary N) is 1. The maximum atomic E-state index is 12.1. The third-order valence-electron chi connectivity index (χ3n) is 4.11. The van der Waals surface area contributed by atoms with Crippen LogP contribution >= 0.6 is 0 Å². The van der Waals surface area contributed by atoms with Crippen LogP contribution in [0.2, 0.25) is 0 Å². The maximum Gasteiger partial charge on any atom is 0.338 e. The molecule has 1 aliphatic rings. The van der Waals surface area contributed by atoms with Gasteiger partial charge in [-0.3, -0.25) is 4.79 Å². The molecule has 0 unspecified atom stereocenters. The molecule has 0 spiro atoms. The van der Waals surface area contributed by atoms with Crippen molar-refractivity contribution < 1.29 is 22.7 Å². The first-order valence-corrected chi connectivity index (χ1v) is 9.59. The summed E-state index contributed by atoms with van der Waals surface area (Å²) in [4.78, 5) is 23.9. The normalized spacial score (nSPS) is 13.1. The van der Waals surface area contributed by atoms with Crippen molar-refractivity contribution in [3.8, 4) is 0 Å². The van der Waals surface area contributed by atoms with Crippen LogP contribution in [-0.4, -0.2) is 26.9 Å². The molecule has 0 heterocycles. The first-order valence-electron chi connectivity index (χ1n) is 8.04. The van der Waals surface area contributed by atoms with Gasteiger partial charge in [-0.15, -0.1) is 0 Å². The second kappa shape index (κ2) is 7.27. The minimum absolute atomic E-state index is 0.120. The number of carbonyl (C=O) groups is 2. The van der Waals surface area contributed by atoms with Crippen molar-refractivity contribution in [3.63, 3.8) is 0 Å². The Labute approximate surface area is 151 Å². The second-order valence-electron chi connectivity index (χ2n) is 6.03. The van der Waals surface area contributed by atoms with Crippen LogP contribution < -0.4 is 10.5 Å². The third-order valence-corrected chi connectivity index (χ3v) is 5.03. The molecule has 1 aliphatic carbocycles. The molecule has 1 amide bonds. The molecule has 3 N–H and O–H groups in total. The Morgan fingerprint density at radius 1 is 1.08 bits per heavy atom. The summed E-state index contributed by atoms with van der Waals surface area (Å²) >= 11 is 0. The van der Waals surface area contributed by atoms with Crippen LogP contribution in [0, 0.1) is 0 Å². The van der Waals surface area contributed by atoms with E-state index in [2.05, 4.69) is 5.32 Å². The Kier molecular flexibility index (Phi) is 5.06. The van der Waals surface area contributed by atoms with Gasteiger partial charge in [0.2, 0.25) is 10.0 Å². The summed E-state index contributed by atoms with van der Waals surface area (Å²) in [6, 6.07) is 10.9. The quantitative estimate of drug-likeness (QED) is 0.772. The molecule has 0 aliphatic heterocycles. The van der Waals surface area contributed by atoms with Crippen LogP contribution in [0.3, 0.4) is 0 Å². The van der Waals surface area contributed by atoms with Gasteiger partial charge >= 0.3 is 5.97 Å². The Hall–Kier alpha value is -2.71. The van der Waals surface area contributed by atoms with E-state index >= 15 is 0 Å². The van der Waals surface area contributed by atoms with E-state index < -0.39 is 28.5 Å². The van der Waals surface area contributed by atoms with Crippen molar-refractivity contribution in [2.45, 2.75) is 24.2 Å². The highest BCUT2D eigenvalue weighted by molar-refractivity contribution is 7.89. The van der Waals surface area contributed by atoms with Gasteiger partial charge in [-0.1, -0.05) is 12.1 Å². The number of ether oxygens (including phenoxy) is 1. The number of primary sulfonamides is 1. The van der Waals surface area contributed by atoms with E-state index in [0.717, 1.165) is 24.8 Å². The molecule has 0 radical (unpaired) electrons. The summed E-state index contributed by atoms with van der Waals surface area (Å²) in [5.41, 5.74) is 3.04. The van der Waals surface area contributed by atoms with Crippen LogP contribution in [-0.2, 0) is 32.4 Å². The summed E-state index contributed by atoms with van der Waals surface area (Å²) in [5, 5.41) is 7.51. The van der Waals surface area contributed by atoms with E-state index in [1.165, 1.54) is 29.8 Å². The molecular weight excluding hydrogens is 356 g/mol. The fraction of sp³-hybridized carbons (Fsp3) is 0.222. The van der Waals surface area contributed by atoms with Crippen molar-refractivity contribution in [3.05, 3.63) is 59.2 Å².